The third-order valence-corrected chi connectivity index (χ3v) is 12.6. The van der Waals surface area contributed by atoms with Crippen LogP contribution in [-0.4, -0.2) is 34.6 Å². The predicted octanol–water partition coefficient (Wildman–Crippen LogP) is 6.46. The van der Waals surface area contributed by atoms with E-state index in [1.807, 2.05) is 43.3 Å². The lowest BCUT2D eigenvalue weighted by atomic mass is 9.68. The number of benzene rings is 3. The Morgan fingerprint density at radius 2 is 1.73 bits per heavy atom. The summed E-state index contributed by atoms with van der Waals surface area (Å²) in [5.74, 6) is -2.89. The number of rotatable bonds is 6. The van der Waals surface area contributed by atoms with Crippen molar-refractivity contribution in [3.63, 3.8) is 0 Å². The van der Waals surface area contributed by atoms with Gasteiger partial charge in [0, 0.05) is 21.7 Å². The van der Waals surface area contributed by atoms with Crippen molar-refractivity contribution >= 4 is 52.2 Å². The average molecular weight is 692 g/mol. The van der Waals surface area contributed by atoms with E-state index in [2.05, 4.69) is 10.3 Å². The Bertz CT molecular complexity index is 2040. The molecule has 2 bridgehead atoms. The van der Waals surface area contributed by atoms with Crippen molar-refractivity contribution in [3.8, 4) is 5.75 Å². The zero-order valence-corrected chi connectivity index (χ0v) is 27.0. The molecule has 4 aliphatic rings. The fourth-order valence-electron chi connectivity index (χ4n) is 8.33. The largest absolute Gasteiger partial charge is 0.484 e. The molecule has 2 aliphatic carbocycles. The van der Waals surface area contributed by atoms with E-state index < -0.39 is 35.4 Å². The molecule has 0 radical (unpaired) electrons. The highest BCUT2D eigenvalue weighted by molar-refractivity contribution is 8.00. The highest BCUT2D eigenvalue weighted by Gasteiger charge is 2.69. The number of thiazole rings is 1. The number of alkyl halides is 3. The summed E-state index contributed by atoms with van der Waals surface area (Å²) in [4.78, 5) is 57.6. The first-order valence-electron chi connectivity index (χ1n) is 15.5. The van der Waals surface area contributed by atoms with Crippen molar-refractivity contribution in [2.24, 2.45) is 29.6 Å². The van der Waals surface area contributed by atoms with Crippen LogP contribution < -0.4 is 19.8 Å². The van der Waals surface area contributed by atoms with Crippen LogP contribution in [0.5, 0.6) is 5.75 Å². The van der Waals surface area contributed by atoms with Gasteiger partial charge in [-0.05, 0) is 84.7 Å². The average Bonchev–Trinajstić information content (AvgIpc) is 3.78. The number of aryl methyl sites for hydroxylation is 1. The SMILES string of the molecule is Cc1cccc(NC(=O)COc2cccc([C@H]3c4sc(=O)[nH]c4SC4C3[C@H]3C[C@@H]4C4C(=O)N(c5cccc(C(F)(F)F)c5)C(=O)C43)c2)c1. The molecule has 2 aliphatic heterocycles. The van der Waals surface area contributed by atoms with E-state index in [-0.39, 0.29) is 52.0 Å². The van der Waals surface area contributed by atoms with E-state index in [0.29, 0.717) is 17.9 Å². The molecular weight excluding hydrogens is 664 g/mol. The molecule has 3 heterocycles. The molecule has 7 atom stereocenters. The zero-order valence-electron chi connectivity index (χ0n) is 25.3. The minimum atomic E-state index is -4.62. The topological polar surface area (TPSA) is 109 Å². The Hall–Kier alpha value is -4.36. The maximum absolute atomic E-state index is 14.0. The Morgan fingerprint density at radius 1 is 0.979 bits per heavy atom. The molecule has 1 aromatic heterocycles. The van der Waals surface area contributed by atoms with Crippen molar-refractivity contribution in [3.05, 3.63) is 104 Å². The summed E-state index contributed by atoms with van der Waals surface area (Å²) in [6.45, 7) is 1.71. The van der Waals surface area contributed by atoms with Gasteiger partial charge in [0.2, 0.25) is 11.8 Å². The summed E-state index contributed by atoms with van der Waals surface area (Å²) in [7, 11) is 0. The van der Waals surface area contributed by atoms with Crippen molar-refractivity contribution in [1.82, 2.24) is 4.98 Å². The number of carbonyl (C=O) groups excluding carboxylic acids is 3. The third-order valence-electron chi connectivity index (χ3n) is 10.0. The number of amides is 3. The summed E-state index contributed by atoms with van der Waals surface area (Å²) in [5, 5.41) is 3.46. The van der Waals surface area contributed by atoms with Crippen LogP contribution in [-0.2, 0) is 20.6 Å². The normalized spacial score (nSPS) is 27.1. The maximum Gasteiger partial charge on any atom is 0.416 e. The number of aromatic nitrogens is 1. The van der Waals surface area contributed by atoms with Crippen LogP contribution in [0.15, 0.2) is 82.6 Å². The Morgan fingerprint density at radius 3 is 2.50 bits per heavy atom. The molecule has 246 valence electrons. The Balaban J connectivity index is 1.09. The van der Waals surface area contributed by atoms with Crippen molar-refractivity contribution in [1.29, 1.82) is 0 Å². The highest BCUT2D eigenvalue weighted by Crippen LogP contribution is 2.68. The predicted molar refractivity (Wildman–Crippen MR) is 174 cm³/mol. The van der Waals surface area contributed by atoms with Gasteiger partial charge in [0.25, 0.3) is 5.91 Å². The molecule has 48 heavy (non-hydrogen) atoms. The molecule has 8 rings (SSSR count). The fourth-order valence-corrected chi connectivity index (χ4v) is 11.2. The van der Waals surface area contributed by atoms with Crippen LogP contribution >= 0.6 is 23.1 Å². The van der Waals surface area contributed by atoms with Crippen LogP contribution in [0.3, 0.4) is 0 Å². The monoisotopic (exact) mass is 691 g/mol. The summed E-state index contributed by atoms with van der Waals surface area (Å²) in [5.41, 5.74) is 1.54. The molecule has 2 N–H and O–H groups in total. The number of H-pyrrole nitrogens is 1. The molecule has 2 saturated carbocycles. The van der Waals surface area contributed by atoms with Crippen molar-refractivity contribution in [2.45, 2.75) is 35.7 Å². The summed E-state index contributed by atoms with van der Waals surface area (Å²) in [6, 6.07) is 19.2. The molecule has 3 fully saturated rings. The molecule has 3 aromatic carbocycles. The Kier molecular flexibility index (Phi) is 7.33. The van der Waals surface area contributed by atoms with Gasteiger partial charge in [-0.3, -0.25) is 24.1 Å². The van der Waals surface area contributed by atoms with Gasteiger partial charge < -0.3 is 15.0 Å². The second-order valence-corrected chi connectivity index (χ2v) is 15.0. The number of thioether (sulfide) groups is 1. The van der Waals surface area contributed by atoms with E-state index in [4.69, 9.17) is 4.74 Å². The lowest BCUT2D eigenvalue weighted by Gasteiger charge is -2.43. The lowest BCUT2D eigenvalue weighted by molar-refractivity contribution is -0.137. The number of carbonyl (C=O) groups is 3. The number of ether oxygens (including phenoxy) is 1. The third kappa shape index (κ3) is 5.06. The minimum Gasteiger partial charge on any atom is -0.484 e. The first-order valence-corrected chi connectivity index (χ1v) is 17.2. The number of nitrogens with zero attached hydrogens (tertiary/aromatic N) is 1. The second-order valence-electron chi connectivity index (χ2n) is 12.8. The van der Waals surface area contributed by atoms with Crippen LogP contribution in [0.2, 0.25) is 0 Å². The van der Waals surface area contributed by atoms with Crippen LogP contribution in [0.4, 0.5) is 24.5 Å². The molecule has 1 saturated heterocycles. The van der Waals surface area contributed by atoms with Crippen LogP contribution in [0.25, 0.3) is 0 Å². The standard InChI is InChI=1S/C35H28F3N3O5S2/c1-16-5-2-8-19(11-16)39-24(42)15-46-21-10-3-6-17(12-21)25-26-22-14-23(29(26)47-31-30(25)48-34(45)40-31)28-27(22)32(43)41(33(28)44)20-9-4-7-18(13-20)35(36,37)38/h2-13,22-23,25-29H,14-15H2,1H3,(H,39,42)(H,40,45)/t22-,23-,25-,26?,27?,28?,29?/m1/s1. The van der Waals surface area contributed by atoms with E-state index in [9.17, 15) is 32.3 Å². The van der Waals surface area contributed by atoms with Crippen LogP contribution in [0, 0.1) is 36.5 Å². The number of nitrogens with one attached hydrogen (secondary N) is 2. The van der Waals surface area contributed by atoms with Crippen molar-refractivity contribution < 1.29 is 32.3 Å². The summed E-state index contributed by atoms with van der Waals surface area (Å²) < 4.78 is 46.5. The van der Waals surface area contributed by atoms with Gasteiger partial charge in [-0.2, -0.15) is 13.2 Å². The molecule has 3 amide bonds. The smallest absolute Gasteiger partial charge is 0.416 e. The van der Waals surface area contributed by atoms with E-state index in [1.165, 1.54) is 23.9 Å². The summed E-state index contributed by atoms with van der Waals surface area (Å²) >= 11 is 2.64. The van der Waals surface area contributed by atoms with Gasteiger partial charge in [0.15, 0.2) is 6.61 Å². The number of fused-ring (bicyclic) bond motifs is 9. The van der Waals surface area contributed by atoms with Gasteiger partial charge >= 0.3 is 11.0 Å². The van der Waals surface area contributed by atoms with Gasteiger partial charge in [0.1, 0.15) is 5.75 Å². The number of imide groups is 1. The Labute approximate surface area is 280 Å². The number of aromatic amines is 1. The molecule has 4 aromatic rings. The minimum absolute atomic E-state index is 0.0690. The van der Waals surface area contributed by atoms with Gasteiger partial charge in [0.05, 0.1) is 28.1 Å². The number of hydrogen-bond donors (Lipinski definition) is 2. The fraction of sp³-hybridized carbons (Fsp3) is 0.314. The van der Waals surface area contributed by atoms with Gasteiger partial charge in [-0.25, -0.2) is 0 Å². The van der Waals surface area contributed by atoms with E-state index in [0.717, 1.165) is 49.4 Å². The van der Waals surface area contributed by atoms with Crippen LogP contribution in [0.1, 0.15) is 33.9 Å². The first kappa shape index (κ1) is 30.9. The first-order chi connectivity index (χ1) is 23.0. The van der Waals surface area contributed by atoms with E-state index >= 15 is 0 Å². The maximum atomic E-state index is 14.0. The molecule has 13 heteroatoms. The highest BCUT2D eigenvalue weighted by atomic mass is 32.2. The quantitative estimate of drug-likeness (QED) is 0.225. The van der Waals surface area contributed by atoms with Crippen molar-refractivity contribution in [2.75, 3.05) is 16.8 Å². The number of anilines is 2. The van der Waals surface area contributed by atoms with Gasteiger partial charge in [-0.1, -0.05) is 41.7 Å². The lowest BCUT2D eigenvalue weighted by Crippen LogP contribution is -2.42. The molecule has 0 spiro atoms. The van der Waals surface area contributed by atoms with E-state index in [1.54, 1.807) is 12.1 Å². The summed E-state index contributed by atoms with van der Waals surface area (Å²) in [6.07, 6.45) is -3.98. The second kappa shape index (κ2) is 11.4. The molecule has 8 nitrogen and oxygen atoms in total. The van der Waals surface area contributed by atoms with Gasteiger partial charge in [-0.15, -0.1) is 11.8 Å². The molecule has 4 unspecified atom stereocenters. The number of halogens is 3. The molecular formula is C35H28F3N3O5S2. The zero-order chi connectivity index (χ0) is 33.5. The number of hydrogen-bond acceptors (Lipinski definition) is 7.